The van der Waals surface area contributed by atoms with Crippen molar-refractivity contribution in [1.82, 2.24) is 0 Å². The highest BCUT2D eigenvalue weighted by molar-refractivity contribution is 14.1. The number of carbonyl (C=O) groups is 3. The van der Waals surface area contributed by atoms with Gasteiger partial charge < -0.3 is 18.9 Å². The van der Waals surface area contributed by atoms with E-state index < -0.39 is 42.5 Å². The summed E-state index contributed by atoms with van der Waals surface area (Å²) in [4.78, 5) is 38.6. The summed E-state index contributed by atoms with van der Waals surface area (Å²) in [5.74, 6) is -1.89. The molecule has 1 fully saturated rings. The van der Waals surface area contributed by atoms with E-state index in [4.69, 9.17) is 18.9 Å². The number of ether oxygens (including phenoxy) is 4. The molecule has 4 rings (SSSR count). The number of esters is 3. The van der Waals surface area contributed by atoms with E-state index in [1.807, 2.05) is 0 Å². The van der Waals surface area contributed by atoms with Crippen molar-refractivity contribution in [2.45, 2.75) is 35.5 Å². The van der Waals surface area contributed by atoms with Crippen molar-refractivity contribution in [3.63, 3.8) is 0 Å². The zero-order chi connectivity index (χ0) is 24.8. The maximum absolute atomic E-state index is 12.9. The van der Waals surface area contributed by atoms with Gasteiger partial charge in [0.05, 0.1) is 26.7 Å². The second-order valence-corrected chi connectivity index (χ2v) is 9.34. The number of halogens is 1. The lowest BCUT2D eigenvalue weighted by atomic mass is 10.0. The monoisotopic (exact) mass is 586 g/mol. The molecule has 5 atom stereocenters. The van der Waals surface area contributed by atoms with Gasteiger partial charge in [-0.3, -0.25) is 0 Å². The van der Waals surface area contributed by atoms with Crippen molar-refractivity contribution >= 4 is 40.5 Å². The largest absolute Gasteiger partial charge is 0.453 e. The predicted molar refractivity (Wildman–Crippen MR) is 135 cm³/mol. The highest BCUT2D eigenvalue weighted by Gasteiger charge is 2.50. The first-order valence-electron chi connectivity index (χ1n) is 11.0. The summed E-state index contributed by atoms with van der Waals surface area (Å²) in [6, 6.07) is 25.3. The van der Waals surface area contributed by atoms with Crippen molar-refractivity contribution in [1.29, 1.82) is 0 Å². The van der Waals surface area contributed by atoms with E-state index in [0.29, 0.717) is 16.7 Å². The van der Waals surface area contributed by atoms with Gasteiger partial charge in [0, 0.05) is 0 Å². The van der Waals surface area contributed by atoms with E-state index in [9.17, 15) is 14.4 Å². The van der Waals surface area contributed by atoms with Crippen molar-refractivity contribution < 1.29 is 33.3 Å². The molecule has 1 heterocycles. The number of hydrogen-bond donors (Lipinski definition) is 0. The van der Waals surface area contributed by atoms with Crippen LogP contribution in [0.5, 0.6) is 0 Å². The fraction of sp³-hybridized carbons (Fsp3) is 0.222. The van der Waals surface area contributed by atoms with Crippen LogP contribution in [0.15, 0.2) is 91.0 Å². The second kappa shape index (κ2) is 11.5. The van der Waals surface area contributed by atoms with Crippen LogP contribution >= 0.6 is 22.6 Å². The molecule has 0 saturated carbocycles. The Morgan fingerprint density at radius 2 is 1.00 bits per heavy atom. The molecule has 0 bridgehead atoms. The van der Waals surface area contributed by atoms with Gasteiger partial charge >= 0.3 is 17.9 Å². The zero-order valence-electron chi connectivity index (χ0n) is 18.8. The van der Waals surface area contributed by atoms with Gasteiger partial charge in [0.15, 0.2) is 6.10 Å². The van der Waals surface area contributed by atoms with Crippen LogP contribution in [0.2, 0.25) is 0 Å². The summed E-state index contributed by atoms with van der Waals surface area (Å²) in [5, 5.41) is 0. The molecule has 0 aromatic heterocycles. The van der Waals surface area contributed by atoms with Crippen LogP contribution in [0.25, 0.3) is 0 Å². The molecular formula is C27H23IO7. The lowest BCUT2D eigenvalue weighted by Crippen LogP contribution is -2.58. The Bertz CT molecular complexity index is 1150. The van der Waals surface area contributed by atoms with Crippen molar-refractivity contribution in [2.24, 2.45) is 0 Å². The molecule has 0 amide bonds. The van der Waals surface area contributed by atoms with Gasteiger partial charge in [-0.1, -0.05) is 77.2 Å². The van der Waals surface area contributed by atoms with Crippen molar-refractivity contribution in [3.8, 4) is 0 Å². The van der Waals surface area contributed by atoms with Crippen LogP contribution in [-0.4, -0.2) is 46.4 Å². The molecule has 0 spiro atoms. The van der Waals surface area contributed by atoms with Crippen LogP contribution in [0, 0.1) is 0 Å². The molecule has 3 aromatic rings. The number of alkyl halides is 1. The summed E-state index contributed by atoms with van der Waals surface area (Å²) in [7, 11) is 0. The predicted octanol–water partition coefficient (Wildman–Crippen LogP) is 4.84. The van der Waals surface area contributed by atoms with Gasteiger partial charge in [-0.05, 0) is 43.3 Å². The molecule has 180 valence electrons. The summed E-state index contributed by atoms with van der Waals surface area (Å²) in [6.07, 6.45) is -3.89. The Labute approximate surface area is 216 Å². The lowest BCUT2D eigenvalue weighted by molar-refractivity contribution is -0.236. The summed E-state index contributed by atoms with van der Waals surface area (Å²) >= 11 is 2.10. The minimum Gasteiger partial charge on any atom is -0.453 e. The van der Waals surface area contributed by atoms with Crippen molar-refractivity contribution in [2.75, 3.05) is 0 Å². The average molecular weight is 586 g/mol. The molecule has 8 heteroatoms. The van der Waals surface area contributed by atoms with Crippen LogP contribution in [0.3, 0.4) is 0 Å². The first-order valence-corrected chi connectivity index (χ1v) is 12.3. The Kier molecular flexibility index (Phi) is 8.14. The maximum Gasteiger partial charge on any atom is 0.340 e. The molecule has 0 radical (unpaired) electrons. The second-order valence-electron chi connectivity index (χ2n) is 7.90. The number of benzene rings is 3. The third-order valence-corrected chi connectivity index (χ3v) is 7.16. The van der Waals surface area contributed by atoms with Gasteiger partial charge in [-0.25, -0.2) is 14.4 Å². The van der Waals surface area contributed by atoms with Gasteiger partial charge in [0.1, 0.15) is 0 Å². The standard InChI is InChI=1S/C27H23IO7/c1-17-21(28)22(33-24(29)18-11-5-2-6-12-18)23(34-25(30)19-13-7-3-8-14-19)27(32-17)35-26(31)20-15-9-4-10-16-20/h2-17,21-23,27H,1H3/t17-,21-,22+,23+,27+/m0/s1. The first kappa shape index (κ1) is 24.9. The number of rotatable bonds is 6. The van der Waals surface area contributed by atoms with Gasteiger partial charge in [-0.2, -0.15) is 0 Å². The molecule has 3 aromatic carbocycles. The highest BCUT2D eigenvalue weighted by Crippen LogP contribution is 2.33. The SMILES string of the molecule is C[C@@H]1O[C@H](OC(=O)c2ccccc2)[C@H](OC(=O)c2ccccc2)[C@H](OC(=O)c2ccccc2)[C@H]1I. The minimum atomic E-state index is -1.29. The average Bonchev–Trinajstić information content (AvgIpc) is 2.90. The maximum atomic E-state index is 12.9. The Morgan fingerprint density at radius 1 is 0.629 bits per heavy atom. The third-order valence-electron chi connectivity index (χ3n) is 5.44. The summed E-state index contributed by atoms with van der Waals surface area (Å²) in [6.45, 7) is 1.78. The van der Waals surface area contributed by atoms with E-state index >= 15 is 0 Å². The molecule has 0 N–H and O–H groups in total. The van der Waals surface area contributed by atoms with E-state index in [0.717, 1.165) is 0 Å². The number of carbonyl (C=O) groups excluding carboxylic acids is 3. The third kappa shape index (κ3) is 6.07. The lowest BCUT2D eigenvalue weighted by Gasteiger charge is -2.42. The smallest absolute Gasteiger partial charge is 0.340 e. The Balaban J connectivity index is 1.63. The zero-order valence-corrected chi connectivity index (χ0v) is 20.9. The Hall–Kier alpha value is -3.24. The summed E-state index contributed by atoms with van der Waals surface area (Å²) < 4.78 is 22.8. The van der Waals surface area contributed by atoms with Crippen LogP contribution in [-0.2, 0) is 18.9 Å². The van der Waals surface area contributed by atoms with Gasteiger partial charge in [0.2, 0.25) is 12.4 Å². The van der Waals surface area contributed by atoms with E-state index in [-0.39, 0.29) is 3.92 Å². The topological polar surface area (TPSA) is 88.1 Å². The highest BCUT2D eigenvalue weighted by atomic mass is 127. The van der Waals surface area contributed by atoms with Crippen LogP contribution in [0.4, 0.5) is 0 Å². The molecule has 0 unspecified atom stereocenters. The fourth-order valence-corrected chi connectivity index (χ4v) is 4.32. The van der Waals surface area contributed by atoms with E-state index in [2.05, 4.69) is 22.6 Å². The fourth-order valence-electron chi connectivity index (χ4n) is 3.60. The normalized spacial score (nSPS) is 23.7. The quantitative estimate of drug-likeness (QED) is 0.177. The molecule has 1 aliphatic rings. The molecular weight excluding hydrogens is 563 g/mol. The molecule has 35 heavy (non-hydrogen) atoms. The first-order chi connectivity index (χ1) is 16.9. The van der Waals surface area contributed by atoms with E-state index in [1.165, 1.54) is 0 Å². The molecule has 0 aliphatic carbocycles. The summed E-state index contributed by atoms with van der Waals surface area (Å²) in [5.41, 5.74) is 0.963. The van der Waals surface area contributed by atoms with Crippen LogP contribution in [0.1, 0.15) is 38.0 Å². The minimum absolute atomic E-state index is 0.303. The van der Waals surface area contributed by atoms with Gasteiger partial charge in [0.25, 0.3) is 0 Å². The number of hydrogen-bond acceptors (Lipinski definition) is 7. The molecule has 1 saturated heterocycles. The molecule has 7 nitrogen and oxygen atoms in total. The van der Waals surface area contributed by atoms with Gasteiger partial charge in [-0.15, -0.1) is 0 Å². The van der Waals surface area contributed by atoms with Crippen molar-refractivity contribution in [3.05, 3.63) is 108 Å². The Morgan fingerprint density at radius 3 is 1.43 bits per heavy atom. The van der Waals surface area contributed by atoms with Crippen LogP contribution < -0.4 is 0 Å². The van der Waals surface area contributed by atoms with E-state index in [1.54, 1.807) is 97.9 Å². The molecule has 1 aliphatic heterocycles.